The number of hydrogen-bond acceptors (Lipinski definition) is 4. The summed E-state index contributed by atoms with van der Waals surface area (Å²) in [5.41, 5.74) is 16.7. The van der Waals surface area contributed by atoms with Crippen LogP contribution in [0.1, 0.15) is 0 Å². The molecule has 0 radical (unpaired) electrons. The Bertz CT molecular complexity index is 5350. The number of hydrogen-bond donors (Lipinski definition) is 0. The maximum atomic E-state index is 7.35. The molecule has 0 bridgehead atoms. The van der Waals surface area contributed by atoms with Crippen LogP contribution >= 0.6 is 11.3 Å². The molecule has 0 amide bonds. The molecule has 0 fully saturated rings. The first-order valence-corrected chi connectivity index (χ1v) is 28.7. The van der Waals surface area contributed by atoms with Crippen molar-refractivity contribution in [3.05, 3.63) is 291 Å². The number of furan rings is 1. The summed E-state index contributed by atoms with van der Waals surface area (Å²) < 4.78 is 14.7. The first kappa shape index (κ1) is 46.3. The molecule has 384 valence electrons. The van der Waals surface area contributed by atoms with Gasteiger partial charge in [0.1, 0.15) is 5.58 Å². The molecule has 0 unspecified atom stereocenters. The van der Waals surface area contributed by atoms with E-state index in [9.17, 15) is 0 Å². The minimum Gasteiger partial charge on any atom is -0.454 e. The molecule has 0 aliphatic carbocycles. The standard InChI is InChI=1S/C76H48N4OS/c1-5-21-51(22-6-1)77(55-38-41-62-60-30-15-17-33-67(60)79(69(62)46-55)53-25-9-3-10-26-53)57-45-66-65-44-50(58-32-19-35-73-74(58)64-40-36-49-20-13-14-29-59(49)76(64)82-73)37-43-72(65)81-75(66)71(48-57)78(52-23-7-2-8-24-52)56-39-42-63-61-31-16-18-34-68(61)80(70(63)47-56)54-27-11-4-12-28-54/h1-48H. The third-order valence-corrected chi connectivity index (χ3v) is 17.8. The number of nitrogens with zero attached hydrogens (tertiary/aromatic N) is 4. The van der Waals surface area contributed by atoms with Crippen LogP contribution in [0.2, 0.25) is 0 Å². The second-order valence-electron chi connectivity index (χ2n) is 21.2. The van der Waals surface area contributed by atoms with Crippen LogP contribution in [0.25, 0.3) is 119 Å². The van der Waals surface area contributed by atoms with E-state index in [0.29, 0.717) is 0 Å². The summed E-state index contributed by atoms with van der Waals surface area (Å²) in [4.78, 5) is 4.81. The van der Waals surface area contributed by atoms with E-state index in [1.165, 1.54) is 58.1 Å². The second-order valence-corrected chi connectivity index (χ2v) is 22.3. The first-order valence-electron chi connectivity index (χ1n) is 27.9. The number of benzene rings is 13. The monoisotopic (exact) mass is 1060 g/mol. The van der Waals surface area contributed by atoms with Crippen LogP contribution in [0.4, 0.5) is 34.1 Å². The van der Waals surface area contributed by atoms with Crippen molar-refractivity contribution in [2.45, 2.75) is 0 Å². The van der Waals surface area contributed by atoms with E-state index in [1.807, 2.05) is 11.3 Å². The highest BCUT2D eigenvalue weighted by Crippen LogP contribution is 2.50. The lowest BCUT2D eigenvalue weighted by Crippen LogP contribution is -2.13. The van der Waals surface area contributed by atoms with Gasteiger partial charge in [-0.1, -0.05) is 176 Å². The minimum atomic E-state index is 0.793. The van der Waals surface area contributed by atoms with Gasteiger partial charge in [-0.25, -0.2) is 0 Å². The molecule has 17 rings (SSSR count). The molecule has 82 heavy (non-hydrogen) atoms. The average Bonchev–Trinajstić information content (AvgIpc) is 4.43. The summed E-state index contributed by atoms with van der Waals surface area (Å²) >= 11 is 1.88. The van der Waals surface area contributed by atoms with Crippen molar-refractivity contribution >= 4 is 142 Å². The predicted octanol–water partition coefficient (Wildman–Crippen LogP) is 21.9. The van der Waals surface area contributed by atoms with E-state index < -0.39 is 0 Å². The lowest BCUT2D eigenvalue weighted by atomic mass is 9.97. The lowest BCUT2D eigenvalue weighted by molar-refractivity contribution is 0.669. The quantitative estimate of drug-likeness (QED) is 0.144. The SMILES string of the molecule is c1ccc(N(c2cc(N(c3ccccc3)c3ccc4c5ccccc5n(-c5ccccc5)c4c3)c3oc4ccc(-c5cccc6sc7c8ccccc8ccc7c56)cc4c3c2)c2ccc3c4ccccc4n(-c4ccccc4)c3c2)cc1. The van der Waals surface area contributed by atoms with Crippen LogP contribution < -0.4 is 9.80 Å². The fraction of sp³-hybridized carbons (Fsp3) is 0. The molecular weight excluding hydrogens is 1020 g/mol. The van der Waals surface area contributed by atoms with Crippen LogP contribution in [0, 0.1) is 0 Å². The summed E-state index contributed by atoms with van der Waals surface area (Å²) in [5.74, 6) is 0. The zero-order valence-corrected chi connectivity index (χ0v) is 45.1. The van der Waals surface area contributed by atoms with Crippen LogP contribution in [-0.2, 0) is 0 Å². The fourth-order valence-electron chi connectivity index (χ4n) is 13.0. The van der Waals surface area contributed by atoms with Gasteiger partial charge < -0.3 is 23.4 Å². The fourth-order valence-corrected chi connectivity index (χ4v) is 14.3. The Morgan fingerprint density at radius 2 is 0.854 bits per heavy atom. The molecule has 0 aliphatic rings. The highest BCUT2D eigenvalue weighted by molar-refractivity contribution is 7.26. The van der Waals surface area contributed by atoms with Crippen molar-refractivity contribution in [1.29, 1.82) is 0 Å². The molecule has 4 heterocycles. The van der Waals surface area contributed by atoms with Gasteiger partial charge in [0.25, 0.3) is 0 Å². The minimum absolute atomic E-state index is 0.793. The van der Waals surface area contributed by atoms with Gasteiger partial charge in [0.2, 0.25) is 0 Å². The number of para-hydroxylation sites is 6. The van der Waals surface area contributed by atoms with Gasteiger partial charge in [0.15, 0.2) is 5.58 Å². The Balaban J connectivity index is 0.953. The molecular formula is C76H48N4OS. The van der Waals surface area contributed by atoms with E-state index in [1.54, 1.807) is 0 Å². The van der Waals surface area contributed by atoms with E-state index in [2.05, 4.69) is 310 Å². The Kier molecular flexibility index (Phi) is 10.4. The van der Waals surface area contributed by atoms with Gasteiger partial charge >= 0.3 is 0 Å². The van der Waals surface area contributed by atoms with Gasteiger partial charge in [-0.3, -0.25) is 0 Å². The number of anilines is 6. The molecule has 6 heteroatoms. The Morgan fingerprint density at radius 1 is 0.317 bits per heavy atom. The molecule has 13 aromatic carbocycles. The van der Waals surface area contributed by atoms with E-state index in [-0.39, 0.29) is 0 Å². The molecule has 0 aliphatic heterocycles. The normalized spacial score (nSPS) is 11.9. The molecule has 0 spiro atoms. The van der Waals surface area contributed by atoms with Gasteiger partial charge in [0, 0.05) is 92.3 Å². The summed E-state index contributed by atoms with van der Waals surface area (Å²) in [6, 6.07) is 106. The average molecular weight is 1070 g/mol. The third kappa shape index (κ3) is 7.18. The molecule has 0 saturated carbocycles. The zero-order chi connectivity index (χ0) is 53.8. The number of fused-ring (bicyclic) bond motifs is 14. The molecule has 4 aromatic heterocycles. The number of rotatable bonds is 9. The Labute approximate surface area is 476 Å². The van der Waals surface area contributed by atoms with Gasteiger partial charge in [-0.05, 0) is 137 Å². The van der Waals surface area contributed by atoms with Crippen LogP contribution in [0.15, 0.2) is 296 Å². The highest BCUT2D eigenvalue weighted by Gasteiger charge is 2.27. The van der Waals surface area contributed by atoms with Crippen molar-refractivity contribution in [1.82, 2.24) is 9.13 Å². The van der Waals surface area contributed by atoms with Crippen LogP contribution in [0.5, 0.6) is 0 Å². The smallest absolute Gasteiger partial charge is 0.159 e. The molecule has 17 aromatic rings. The van der Waals surface area contributed by atoms with E-state index in [0.717, 1.165) is 95.1 Å². The maximum Gasteiger partial charge on any atom is 0.159 e. The van der Waals surface area contributed by atoms with Crippen molar-refractivity contribution in [2.24, 2.45) is 0 Å². The first-order chi connectivity index (χ1) is 40.7. The van der Waals surface area contributed by atoms with Gasteiger partial charge in [-0.2, -0.15) is 0 Å². The van der Waals surface area contributed by atoms with Crippen LogP contribution in [-0.4, -0.2) is 9.13 Å². The molecule has 0 atom stereocenters. The number of thiophene rings is 1. The lowest BCUT2D eigenvalue weighted by Gasteiger charge is -2.30. The zero-order valence-electron chi connectivity index (χ0n) is 44.3. The van der Waals surface area contributed by atoms with Crippen molar-refractivity contribution < 1.29 is 4.42 Å². The van der Waals surface area contributed by atoms with Crippen molar-refractivity contribution in [2.75, 3.05) is 9.80 Å². The summed E-state index contributed by atoms with van der Waals surface area (Å²) in [6.07, 6.45) is 0. The third-order valence-electron chi connectivity index (χ3n) is 16.6. The second kappa shape index (κ2) is 18.5. The summed E-state index contributed by atoms with van der Waals surface area (Å²) in [5, 5.41) is 12.0. The Hall–Kier alpha value is -10.7. The van der Waals surface area contributed by atoms with E-state index in [4.69, 9.17) is 4.42 Å². The largest absolute Gasteiger partial charge is 0.454 e. The van der Waals surface area contributed by atoms with Gasteiger partial charge in [-0.15, -0.1) is 11.3 Å². The van der Waals surface area contributed by atoms with E-state index >= 15 is 0 Å². The maximum absolute atomic E-state index is 7.35. The molecule has 0 saturated heterocycles. The summed E-state index contributed by atoms with van der Waals surface area (Å²) in [6.45, 7) is 0. The summed E-state index contributed by atoms with van der Waals surface area (Å²) in [7, 11) is 0. The van der Waals surface area contributed by atoms with Crippen LogP contribution in [0.3, 0.4) is 0 Å². The Morgan fingerprint density at radius 3 is 1.50 bits per heavy atom. The van der Waals surface area contributed by atoms with Crippen molar-refractivity contribution in [3.63, 3.8) is 0 Å². The van der Waals surface area contributed by atoms with Crippen molar-refractivity contribution in [3.8, 4) is 22.5 Å². The highest BCUT2D eigenvalue weighted by atomic mass is 32.1. The predicted molar refractivity (Wildman–Crippen MR) is 348 cm³/mol. The number of aromatic nitrogens is 2. The molecule has 5 nitrogen and oxygen atoms in total. The van der Waals surface area contributed by atoms with Gasteiger partial charge in [0.05, 0.1) is 27.8 Å². The molecule has 0 N–H and O–H groups in total. The topological polar surface area (TPSA) is 29.5 Å².